The van der Waals surface area contributed by atoms with Crippen molar-refractivity contribution in [1.82, 2.24) is 0 Å². The van der Waals surface area contributed by atoms with Crippen LogP contribution in [-0.2, 0) is 0 Å². The van der Waals surface area contributed by atoms with E-state index < -0.39 is 0 Å². The van der Waals surface area contributed by atoms with E-state index >= 15 is 0 Å². The molecule has 0 spiro atoms. The molecule has 1 fully saturated rings. The number of nitrogens with zero attached hydrogens (tertiary/aromatic N) is 1. The van der Waals surface area contributed by atoms with Crippen molar-refractivity contribution in [3.63, 3.8) is 0 Å². The fourth-order valence-electron chi connectivity index (χ4n) is 2.02. The first-order valence-electron chi connectivity index (χ1n) is 5.42. The zero-order chi connectivity index (χ0) is 10.9. The summed E-state index contributed by atoms with van der Waals surface area (Å²) in [5.41, 5.74) is 3.13. The molecule has 2 heteroatoms. The van der Waals surface area contributed by atoms with Gasteiger partial charge in [0.2, 0.25) is 0 Å². The van der Waals surface area contributed by atoms with E-state index in [4.69, 9.17) is 5.26 Å². The first kappa shape index (κ1) is 10.0. The average molecular weight is 200 g/mol. The Labute approximate surface area is 90.9 Å². The highest BCUT2D eigenvalue weighted by molar-refractivity contribution is 5.60. The summed E-state index contributed by atoms with van der Waals surface area (Å²) < 4.78 is 0. The lowest BCUT2D eigenvalue weighted by Gasteiger charge is -2.40. The fraction of sp³-hybridized carbons (Fsp3) is 0.462. The van der Waals surface area contributed by atoms with Crippen LogP contribution < -0.4 is 5.32 Å². The number of benzene rings is 1. The lowest BCUT2D eigenvalue weighted by atomic mass is 9.78. The third-order valence-corrected chi connectivity index (χ3v) is 3.19. The van der Waals surface area contributed by atoms with Crippen molar-refractivity contribution in [3.8, 4) is 6.07 Å². The highest BCUT2D eigenvalue weighted by Crippen LogP contribution is 2.35. The number of nitrogens with one attached hydrogen (secondary N) is 1. The predicted molar refractivity (Wildman–Crippen MR) is 61.8 cm³/mol. The fourth-order valence-corrected chi connectivity index (χ4v) is 2.02. The summed E-state index contributed by atoms with van der Waals surface area (Å²) in [6.45, 7) is 4.27. The van der Waals surface area contributed by atoms with Gasteiger partial charge in [-0.15, -0.1) is 0 Å². The molecule has 1 aliphatic rings. The van der Waals surface area contributed by atoms with Crippen LogP contribution in [0.25, 0.3) is 0 Å². The molecule has 0 saturated heterocycles. The average Bonchev–Trinajstić information content (AvgIpc) is 2.16. The largest absolute Gasteiger partial charge is 0.379 e. The first-order valence-corrected chi connectivity index (χ1v) is 5.42. The van der Waals surface area contributed by atoms with Crippen molar-refractivity contribution in [2.24, 2.45) is 0 Å². The lowest BCUT2D eigenvalue weighted by molar-refractivity contribution is 0.306. The molecule has 0 amide bonds. The minimum Gasteiger partial charge on any atom is -0.379 e. The van der Waals surface area contributed by atoms with Crippen LogP contribution in [0.1, 0.15) is 37.3 Å². The number of aryl methyl sites for hydroxylation is 1. The van der Waals surface area contributed by atoms with Gasteiger partial charge in [-0.1, -0.05) is 6.07 Å². The van der Waals surface area contributed by atoms with Gasteiger partial charge >= 0.3 is 0 Å². The quantitative estimate of drug-likeness (QED) is 0.795. The predicted octanol–water partition coefficient (Wildman–Crippen LogP) is 3.22. The summed E-state index contributed by atoms with van der Waals surface area (Å²) in [6.07, 6.45) is 3.69. The smallest absolute Gasteiger partial charge is 0.101 e. The molecule has 1 aromatic carbocycles. The van der Waals surface area contributed by atoms with Crippen molar-refractivity contribution in [3.05, 3.63) is 29.3 Å². The summed E-state index contributed by atoms with van der Waals surface area (Å²) in [5, 5.41) is 12.5. The number of hydrogen-bond donors (Lipinski definition) is 1. The Morgan fingerprint density at radius 1 is 1.40 bits per heavy atom. The molecule has 0 heterocycles. The summed E-state index contributed by atoms with van der Waals surface area (Å²) in [7, 11) is 0. The molecule has 78 valence electrons. The van der Waals surface area contributed by atoms with Gasteiger partial charge in [0.1, 0.15) is 6.07 Å². The molecule has 0 unspecified atom stereocenters. The molecule has 1 aromatic rings. The molecule has 0 atom stereocenters. The highest BCUT2D eigenvalue weighted by atomic mass is 15.0. The Balaban J connectivity index is 2.26. The van der Waals surface area contributed by atoms with Gasteiger partial charge in [-0.3, -0.25) is 0 Å². The molecule has 0 radical (unpaired) electrons. The van der Waals surface area contributed by atoms with Crippen LogP contribution in [0.2, 0.25) is 0 Å². The van der Waals surface area contributed by atoms with Crippen LogP contribution in [0.4, 0.5) is 5.69 Å². The van der Waals surface area contributed by atoms with Crippen molar-refractivity contribution < 1.29 is 0 Å². The Morgan fingerprint density at radius 3 is 2.67 bits per heavy atom. The maximum absolute atomic E-state index is 9.01. The van der Waals surface area contributed by atoms with Crippen LogP contribution in [0.5, 0.6) is 0 Å². The van der Waals surface area contributed by atoms with Crippen molar-refractivity contribution in [2.45, 2.75) is 38.6 Å². The summed E-state index contributed by atoms with van der Waals surface area (Å²) in [4.78, 5) is 0. The molecule has 1 saturated carbocycles. The number of hydrogen-bond acceptors (Lipinski definition) is 2. The molecule has 15 heavy (non-hydrogen) atoms. The van der Waals surface area contributed by atoms with Gasteiger partial charge in [0.25, 0.3) is 0 Å². The van der Waals surface area contributed by atoms with Crippen molar-refractivity contribution >= 4 is 5.69 Å². The van der Waals surface area contributed by atoms with Crippen LogP contribution in [0, 0.1) is 18.3 Å². The lowest BCUT2D eigenvalue weighted by Crippen LogP contribution is -2.41. The summed E-state index contributed by atoms with van der Waals surface area (Å²) in [6, 6.07) is 8.16. The second-order valence-corrected chi connectivity index (χ2v) is 4.70. The highest BCUT2D eigenvalue weighted by Gasteiger charge is 2.31. The maximum atomic E-state index is 9.01. The number of rotatable bonds is 2. The molecule has 2 nitrogen and oxygen atoms in total. The van der Waals surface area contributed by atoms with E-state index in [9.17, 15) is 0 Å². The minimum absolute atomic E-state index is 0.208. The second-order valence-electron chi connectivity index (χ2n) is 4.70. The minimum atomic E-state index is 0.208. The Hall–Kier alpha value is -1.49. The first-order chi connectivity index (χ1) is 7.13. The number of nitriles is 1. The Bertz CT molecular complexity index is 411. The van der Waals surface area contributed by atoms with Crippen LogP contribution in [0.15, 0.2) is 18.2 Å². The third kappa shape index (κ3) is 1.97. The van der Waals surface area contributed by atoms with E-state index in [1.54, 1.807) is 0 Å². The van der Waals surface area contributed by atoms with Crippen LogP contribution >= 0.6 is 0 Å². The molecule has 0 bridgehead atoms. The van der Waals surface area contributed by atoms with E-state index in [-0.39, 0.29) is 5.54 Å². The standard InChI is InChI=1S/C13H16N2/c1-10-4-5-11(9-14)12(8-10)15-13(2)6-3-7-13/h4-5,8,15H,3,6-7H2,1-2H3. The molecular formula is C13H16N2. The molecule has 0 aromatic heterocycles. The SMILES string of the molecule is Cc1ccc(C#N)c(NC2(C)CCC2)c1. The van der Waals surface area contributed by atoms with Gasteiger partial charge in [-0.05, 0) is 50.8 Å². The van der Waals surface area contributed by atoms with Gasteiger partial charge < -0.3 is 5.32 Å². The van der Waals surface area contributed by atoms with Crippen molar-refractivity contribution in [2.75, 3.05) is 5.32 Å². The Kier molecular flexibility index (Phi) is 2.40. The topological polar surface area (TPSA) is 35.8 Å². The zero-order valence-electron chi connectivity index (χ0n) is 9.30. The summed E-state index contributed by atoms with van der Waals surface area (Å²) in [5.74, 6) is 0. The van der Waals surface area contributed by atoms with E-state index in [1.165, 1.54) is 24.8 Å². The van der Waals surface area contributed by atoms with Gasteiger partial charge in [0.05, 0.1) is 11.3 Å². The Morgan fingerprint density at radius 2 is 2.13 bits per heavy atom. The van der Waals surface area contributed by atoms with Gasteiger partial charge in [-0.2, -0.15) is 5.26 Å². The molecule has 0 aliphatic heterocycles. The van der Waals surface area contributed by atoms with Gasteiger partial charge in [-0.25, -0.2) is 0 Å². The molecule has 1 N–H and O–H groups in total. The van der Waals surface area contributed by atoms with Gasteiger partial charge in [0, 0.05) is 5.54 Å². The monoisotopic (exact) mass is 200 g/mol. The van der Waals surface area contributed by atoms with Crippen LogP contribution in [-0.4, -0.2) is 5.54 Å². The maximum Gasteiger partial charge on any atom is 0.101 e. The van der Waals surface area contributed by atoms with E-state index in [1.807, 2.05) is 12.1 Å². The second kappa shape index (κ2) is 3.58. The van der Waals surface area contributed by atoms with E-state index in [2.05, 4.69) is 31.3 Å². The van der Waals surface area contributed by atoms with E-state index in [0.717, 1.165) is 11.3 Å². The zero-order valence-corrected chi connectivity index (χ0v) is 9.30. The molecule has 1 aliphatic carbocycles. The van der Waals surface area contributed by atoms with E-state index in [0.29, 0.717) is 0 Å². The van der Waals surface area contributed by atoms with Crippen molar-refractivity contribution in [1.29, 1.82) is 5.26 Å². The third-order valence-electron chi connectivity index (χ3n) is 3.19. The molecule has 2 rings (SSSR count). The molecular weight excluding hydrogens is 184 g/mol. The number of anilines is 1. The normalized spacial score (nSPS) is 17.7. The van der Waals surface area contributed by atoms with Gasteiger partial charge in [0.15, 0.2) is 0 Å². The summed E-state index contributed by atoms with van der Waals surface area (Å²) >= 11 is 0. The van der Waals surface area contributed by atoms with Crippen LogP contribution in [0.3, 0.4) is 0 Å².